The van der Waals surface area contributed by atoms with Gasteiger partial charge in [0, 0.05) is 36.8 Å². The molecule has 1 amide bonds. The molecular weight excluding hydrogens is 198 g/mol. The second kappa shape index (κ2) is 4.53. The second-order valence-corrected chi connectivity index (χ2v) is 6.00. The quantitative estimate of drug-likeness (QED) is 0.763. The van der Waals surface area contributed by atoms with E-state index >= 15 is 0 Å². The number of likely N-dealkylation sites (tertiary alicyclic amines) is 1. The normalized spacial score (nSPS) is 23.3. The van der Waals surface area contributed by atoms with E-state index in [0.717, 1.165) is 13.1 Å². The lowest BCUT2D eigenvalue weighted by molar-refractivity contribution is -0.128. The lowest BCUT2D eigenvalue weighted by atomic mass is 10.1. The van der Waals surface area contributed by atoms with Crippen LogP contribution in [0, 0.1) is 5.92 Å². The maximum absolute atomic E-state index is 11.5. The van der Waals surface area contributed by atoms with Gasteiger partial charge >= 0.3 is 0 Å². The summed E-state index contributed by atoms with van der Waals surface area (Å²) in [5.74, 6) is 0.339. The fraction of sp³-hybridized carbons (Fsp3) is 0.900. The minimum Gasteiger partial charge on any atom is -0.396 e. The third-order valence-electron chi connectivity index (χ3n) is 2.68. The molecule has 4 heteroatoms. The first-order valence-corrected chi connectivity index (χ1v) is 6.15. The van der Waals surface area contributed by atoms with E-state index in [2.05, 4.69) is 20.1 Å². The average Bonchev–Trinajstić information content (AvgIpc) is 2.47. The van der Waals surface area contributed by atoms with Crippen LogP contribution in [0.2, 0.25) is 0 Å². The summed E-state index contributed by atoms with van der Waals surface area (Å²) in [4.78, 5) is 13.4. The van der Waals surface area contributed by atoms with E-state index in [1.165, 1.54) is 0 Å². The van der Waals surface area contributed by atoms with Gasteiger partial charge in [0.25, 0.3) is 0 Å². The molecule has 82 valence electrons. The Labute approximate surface area is 89.9 Å². The molecule has 0 spiro atoms. The van der Waals surface area contributed by atoms with E-state index in [0.29, 0.717) is 6.42 Å². The van der Waals surface area contributed by atoms with Crippen LogP contribution in [-0.4, -0.2) is 46.6 Å². The van der Waals surface area contributed by atoms with Gasteiger partial charge in [0.05, 0.1) is 0 Å². The Hall–Kier alpha value is -0.220. The number of amides is 1. The predicted octanol–water partition coefficient (Wildman–Crippen LogP) is 0.969. The summed E-state index contributed by atoms with van der Waals surface area (Å²) in [5, 5.41) is 8.97. The largest absolute Gasteiger partial charge is 0.396 e. The first kappa shape index (κ1) is 11.9. The molecule has 0 bridgehead atoms. The molecule has 1 heterocycles. The number of nitrogens with zero attached hydrogens (tertiary/aromatic N) is 1. The Balaban J connectivity index is 2.50. The fourth-order valence-corrected chi connectivity index (χ4v) is 1.94. The Morgan fingerprint density at radius 3 is 2.71 bits per heavy atom. The van der Waals surface area contributed by atoms with Gasteiger partial charge in [-0.25, -0.2) is 0 Å². The fourth-order valence-electron chi connectivity index (χ4n) is 1.65. The van der Waals surface area contributed by atoms with Crippen LogP contribution in [0.3, 0.4) is 0 Å². The van der Waals surface area contributed by atoms with Gasteiger partial charge in [-0.3, -0.25) is 4.79 Å². The third-order valence-corrected chi connectivity index (χ3v) is 3.91. The molecule has 0 saturated carbocycles. The summed E-state index contributed by atoms with van der Waals surface area (Å²) >= 11 is 1.77. The second-order valence-electron chi connectivity index (χ2n) is 4.49. The van der Waals surface area contributed by atoms with Crippen LogP contribution in [-0.2, 0) is 4.79 Å². The van der Waals surface area contributed by atoms with Gasteiger partial charge < -0.3 is 10.0 Å². The Morgan fingerprint density at radius 1 is 1.64 bits per heavy atom. The number of aliphatic hydroxyl groups is 1. The maximum atomic E-state index is 11.5. The summed E-state index contributed by atoms with van der Waals surface area (Å²) in [5.41, 5.74) is 0. The van der Waals surface area contributed by atoms with Gasteiger partial charge in [-0.15, -0.1) is 0 Å². The van der Waals surface area contributed by atoms with Gasteiger partial charge in [0.2, 0.25) is 5.91 Å². The van der Waals surface area contributed by atoms with Crippen molar-refractivity contribution >= 4 is 17.7 Å². The van der Waals surface area contributed by atoms with Crippen molar-refractivity contribution in [3.05, 3.63) is 0 Å². The van der Waals surface area contributed by atoms with Crippen molar-refractivity contribution in [3.8, 4) is 0 Å². The minimum absolute atomic E-state index is 0.111. The highest BCUT2D eigenvalue weighted by Gasteiger charge is 2.32. The summed E-state index contributed by atoms with van der Waals surface area (Å²) < 4.78 is 0.111. The van der Waals surface area contributed by atoms with E-state index in [4.69, 9.17) is 5.11 Å². The van der Waals surface area contributed by atoms with Crippen molar-refractivity contribution in [1.82, 2.24) is 4.90 Å². The average molecular weight is 217 g/mol. The summed E-state index contributed by atoms with van der Waals surface area (Å²) in [7, 11) is 0. The minimum atomic E-state index is 0.111. The standard InChI is InChI=1S/C10H19NO2S/c1-10(2,14-3)7-11-5-8(6-12)4-9(11)13/h8,12H,4-7H2,1-3H3. The molecule has 3 nitrogen and oxygen atoms in total. The highest BCUT2D eigenvalue weighted by molar-refractivity contribution is 7.99. The highest BCUT2D eigenvalue weighted by Crippen LogP contribution is 2.26. The topological polar surface area (TPSA) is 40.5 Å². The zero-order chi connectivity index (χ0) is 10.8. The van der Waals surface area contributed by atoms with E-state index in [-0.39, 0.29) is 23.2 Å². The number of carbonyl (C=O) groups excluding carboxylic acids is 1. The van der Waals surface area contributed by atoms with Gasteiger partial charge in [-0.1, -0.05) is 0 Å². The summed E-state index contributed by atoms with van der Waals surface area (Å²) in [6.45, 7) is 5.90. The van der Waals surface area contributed by atoms with Gasteiger partial charge in [-0.05, 0) is 20.1 Å². The predicted molar refractivity (Wildman–Crippen MR) is 59.4 cm³/mol. The van der Waals surface area contributed by atoms with Gasteiger partial charge in [0.15, 0.2) is 0 Å². The smallest absolute Gasteiger partial charge is 0.223 e. The number of hydrogen-bond acceptors (Lipinski definition) is 3. The number of rotatable bonds is 4. The molecule has 0 aliphatic carbocycles. The number of aliphatic hydroxyl groups excluding tert-OH is 1. The zero-order valence-corrected chi connectivity index (χ0v) is 9.93. The van der Waals surface area contributed by atoms with Crippen molar-refractivity contribution in [2.75, 3.05) is 26.0 Å². The van der Waals surface area contributed by atoms with Crippen molar-refractivity contribution < 1.29 is 9.90 Å². The van der Waals surface area contributed by atoms with Crippen LogP contribution in [0.15, 0.2) is 0 Å². The van der Waals surface area contributed by atoms with Crippen LogP contribution in [0.1, 0.15) is 20.3 Å². The molecule has 14 heavy (non-hydrogen) atoms. The first-order chi connectivity index (χ1) is 6.48. The number of thioether (sulfide) groups is 1. The van der Waals surface area contributed by atoms with E-state index in [1.807, 2.05) is 4.90 Å². The van der Waals surface area contributed by atoms with Crippen LogP contribution >= 0.6 is 11.8 Å². The molecule has 1 aliphatic heterocycles. The van der Waals surface area contributed by atoms with E-state index < -0.39 is 0 Å². The molecule has 1 N–H and O–H groups in total. The zero-order valence-electron chi connectivity index (χ0n) is 9.12. The van der Waals surface area contributed by atoms with Crippen molar-refractivity contribution in [2.45, 2.75) is 25.0 Å². The third kappa shape index (κ3) is 2.89. The molecule has 1 unspecified atom stereocenters. The van der Waals surface area contributed by atoms with Crippen LogP contribution in [0.5, 0.6) is 0 Å². The Bertz CT molecular complexity index is 218. The van der Waals surface area contributed by atoms with Crippen molar-refractivity contribution in [3.63, 3.8) is 0 Å². The summed E-state index contributed by atoms with van der Waals surface area (Å²) in [6, 6.07) is 0. The Kier molecular flexibility index (Phi) is 3.84. The molecule has 1 saturated heterocycles. The number of hydrogen-bond donors (Lipinski definition) is 1. The maximum Gasteiger partial charge on any atom is 0.223 e. The molecule has 1 atom stereocenters. The van der Waals surface area contributed by atoms with Crippen LogP contribution in [0.25, 0.3) is 0 Å². The molecule has 0 aromatic carbocycles. The van der Waals surface area contributed by atoms with Crippen molar-refractivity contribution in [1.29, 1.82) is 0 Å². The van der Waals surface area contributed by atoms with Gasteiger partial charge in [-0.2, -0.15) is 11.8 Å². The monoisotopic (exact) mass is 217 g/mol. The van der Waals surface area contributed by atoms with Gasteiger partial charge in [0.1, 0.15) is 0 Å². The van der Waals surface area contributed by atoms with Crippen LogP contribution in [0.4, 0.5) is 0 Å². The van der Waals surface area contributed by atoms with E-state index in [9.17, 15) is 4.79 Å². The van der Waals surface area contributed by atoms with E-state index in [1.54, 1.807) is 11.8 Å². The first-order valence-electron chi connectivity index (χ1n) is 4.92. The Morgan fingerprint density at radius 2 is 2.29 bits per heavy atom. The molecule has 0 radical (unpaired) electrons. The molecule has 1 aliphatic rings. The van der Waals surface area contributed by atoms with Crippen LogP contribution < -0.4 is 0 Å². The molecular formula is C10H19NO2S. The summed E-state index contributed by atoms with van der Waals surface area (Å²) in [6.07, 6.45) is 2.57. The lowest BCUT2D eigenvalue weighted by Gasteiger charge is -2.28. The lowest BCUT2D eigenvalue weighted by Crippen LogP contribution is -2.37. The number of carbonyl (C=O) groups is 1. The molecule has 0 aromatic heterocycles. The highest BCUT2D eigenvalue weighted by atomic mass is 32.2. The molecule has 1 rings (SSSR count). The SMILES string of the molecule is CSC(C)(C)CN1CC(CO)CC1=O. The molecule has 1 fully saturated rings. The van der Waals surface area contributed by atoms with Crippen molar-refractivity contribution in [2.24, 2.45) is 5.92 Å². The molecule has 0 aromatic rings.